The molecule has 1 aliphatic rings. The Hall–Kier alpha value is -2.73. The van der Waals surface area contributed by atoms with Crippen molar-refractivity contribution < 1.29 is 14.3 Å². The Labute approximate surface area is 179 Å². The van der Waals surface area contributed by atoms with Crippen LogP contribution >= 0.6 is 0 Å². The zero-order valence-corrected chi connectivity index (χ0v) is 18.3. The largest absolute Gasteiger partial charge is 0.497 e. The number of anilines is 2. The molecule has 162 valence electrons. The predicted molar refractivity (Wildman–Crippen MR) is 122 cm³/mol. The minimum absolute atomic E-state index is 0.0110. The fourth-order valence-corrected chi connectivity index (χ4v) is 3.78. The SMILES string of the molecule is COc1ccc(NC(=O)CN2CCCCC2)c(NCCOc2c(C)cccc2C)c1. The van der Waals surface area contributed by atoms with Crippen LogP contribution in [0.4, 0.5) is 11.4 Å². The van der Waals surface area contributed by atoms with E-state index in [0.717, 1.165) is 47.1 Å². The molecule has 1 saturated heterocycles. The third-order valence-corrected chi connectivity index (χ3v) is 5.39. The molecule has 6 nitrogen and oxygen atoms in total. The van der Waals surface area contributed by atoms with Crippen LogP contribution in [0.5, 0.6) is 11.5 Å². The summed E-state index contributed by atoms with van der Waals surface area (Å²) in [7, 11) is 1.64. The normalized spacial score (nSPS) is 14.2. The molecule has 1 heterocycles. The van der Waals surface area contributed by atoms with Crippen molar-refractivity contribution in [3.05, 3.63) is 47.5 Å². The fourth-order valence-electron chi connectivity index (χ4n) is 3.78. The molecule has 1 fully saturated rings. The summed E-state index contributed by atoms with van der Waals surface area (Å²) in [5.74, 6) is 1.68. The molecule has 2 N–H and O–H groups in total. The van der Waals surface area contributed by atoms with Gasteiger partial charge in [0.2, 0.25) is 5.91 Å². The number of benzene rings is 2. The lowest BCUT2D eigenvalue weighted by atomic mass is 10.1. The van der Waals surface area contributed by atoms with Gasteiger partial charge >= 0.3 is 0 Å². The molecule has 1 amide bonds. The van der Waals surface area contributed by atoms with Gasteiger partial charge in [0.15, 0.2) is 0 Å². The van der Waals surface area contributed by atoms with E-state index in [0.29, 0.717) is 19.7 Å². The van der Waals surface area contributed by atoms with E-state index in [2.05, 4.69) is 15.5 Å². The predicted octanol–water partition coefficient (Wildman–Crippen LogP) is 4.23. The summed E-state index contributed by atoms with van der Waals surface area (Å²) in [6.07, 6.45) is 3.60. The van der Waals surface area contributed by atoms with Crippen LogP contribution in [0.15, 0.2) is 36.4 Å². The number of aryl methyl sites for hydroxylation is 2. The van der Waals surface area contributed by atoms with E-state index in [4.69, 9.17) is 9.47 Å². The second-order valence-electron chi connectivity index (χ2n) is 7.79. The molecule has 0 spiro atoms. The van der Waals surface area contributed by atoms with Crippen LogP contribution in [0.1, 0.15) is 30.4 Å². The molecule has 0 aliphatic carbocycles. The van der Waals surface area contributed by atoms with E-state index in [1.54, 1.807) is 7.11 Å². The van der Waals surface area contributed by atoms with Crippen LogP contribution < -0.4 is 20.1 Å². The summed E-state index contributed by atoms with van der Waals surface area (Å²) in [6.45, 7) is 7.65. The van der Waals surface area contributed by atoms with Crippen molar-refractivity contribution in [1.29, 1.82) is 0 Å². The number of methoxy groups -OCH3 is 1. The summed E-state index contributed by atoms with van der Waals surface area (Å²) in [5.41, 5.74) is 3.83. The van der Waals surface area contributed by atoms with Crippen LogP contribution in [-0.2, 0) is 4.79 Å². The number of rotatable bonds is 9. The van der Waals surface area contributed by atoms with E-state index < -0.39 is 0 Å². The topological polar surface area (TPSA) is 62.8 Å². The minimum Gasteiger partial charge on any atom is -0.497 e. The van der Waals surface area contributed by atoms with Gasteiger partial charge in [-0.3, -0.25) is 9.69 Å². The van der Waals surface area contributed by atoms with Gasteiger partial charge in [0.1, 0.15) is 18.1 Å². The second kappa shape index (κ2) is 10.9. The van der Waals surface area contributed by atoms with Gasteiger partial charge in [-0.05, 0) is 63.0 Å². The Bertz CT molecular complexity index is 827. The maximum Gasteiger partial charge on any atom is 0.238 e. The number of para-hydroxylation sites is 1. The van der Waals surface area contributed by atoms with Gasteiger partial charge in [-0.25, -0.2) is 0 Å². The highest BCUT2D eigenvalue weighted by atomic mass is 16.5. The van der Waals surface area contributed by atoms with E-state index in [1.165, 1.54) is 19.3 Å². The fraction of sp³-hybridized carbons (Fsp3) is 0.458. The van der Waals surface area contributed by atoms with Crippen LogP contribution in [0, 0.1) is 13.8 Å². The van der Waals surface area contributed by atoms with Gasteiger partial charge in [-0.2, -0.15) is 0 Å². The summed E-state index contributed by atoms with van der Waals surface area (Å²) in [6, 6.07) is 11.8. The van der Waals surface area contributed by atoms with E-state index in [1.807, 2.05) is 50.2 Å². The third kappa shape index (κ3) is 6.13. The van der Waals surface area contributed by atoms with Gasteiger partial charge in [0.25, 0.3) is 0 Å². The van der Waals surface area contributed by atoms with E-state index >= 15 is 0 Å². The molecule has 0 unspecified atom stereocenters. The number of nitrogens with one attached hydrogen (secondary N) is 2. The maximum atomic E-state index is 12.5. The van der Waals surface area contributed by atoms with Gasteiger partial charge in [0, 0.05) is 12.6 Å². The molecule has 1 aliphatic heterocycles. The van der Waals surface area contributed by atoms with Crippen molar-refractivity contribution in [2.75, 3.05) is 50.5 Å². The number of hydrogen-bond acceptors (Lipinski definition) is 5. The lowest BCUT2D eigenvalue weighted by Crippen LogP contribution is -2.36. The Kier molecular flexibility index (Phi) is 7.97. The smallest absolute Gasteiger partial charge is 0.238 e. The van der Waals surface area contributed by atoms with Gasteiger partial charge in [0.05, 0.1) is 25.0 Å². The van der Waals surface area contributed by atoms with Crippen molar-refractivity contribution in [1.82, 2.24) is 4.90 Å². The standard InChI is InChI=1S/C24H33N3O3/c1-18-8-7-9-19(2)24(18)30-15-12-25-22-16-20(29-3)10-11-21(22)26-23(28)17-27-13-5-4-6-14-27/h7-11,16,25H,4-6,12-15,17H2,1-3H3,(H,26,28). The number of ether oxygens (including phenoxy) is 2. The van der Waals surface area contributed by atoms with Crippen molar-refractivity contribution in [2.45, 2.75) is 33.1 Å². The summed E-state index contributed by atoms with van der Waals surface area (Å²) < 4.78 is 11.3. The lowest BCUT2D eigenvalue weighted by molar-refractivity contribution is -0.117. The molecular weight excluding hydrogens is 378 g/mol. The monoisotopic (exact) mass is 411 g/mol. The number of nitrogens with zero attached hydrogens (tertiary/aromatic N) is 1. The van der Waals surface area contributed by atoms with Gasteiger partial charge < -0.3 is 20.1 Å². The molecule has 6 heteroatoms. The van der Waals surface area contributed by atoms with Crippen molar-refractivity contribution >= 4 is 17.3 Å². The summed E-state index contributed by atoms with van der Waals surface area (Å²) >= 11 is 0. The number of carbonyl (C=O) groups excluding carboxylic acids is 1. The van der Waals surface area contributed by atoms with Crippen molar-refractivity contribution in [3.63, 3.8) is 0 Å². The Morgan fingerprint density at radius 3 is 2.47 bits per heavy atom. The molecule has 0 aromatic heterocycles. The maximum absolute atomic E-state index is 12.5. The molecule has 30 heavy (non-hydrogen) atoms. The summed E-state index contributed by atoms with van der Waals surface area (Å²) in [4.78, 5) is 14.8. The quantitative estimate of drug-likeness (QED) is 0.605. The molecule has 0 radical (unpaired) electrons. The Morgan fingerprint density at radius 1 is 1.03 bits per heavy atom. The Morgan fingerprint density at radius 2 is 1.77 bits per heavy atom. The van der Waals surface area contributed by atoms with Crippen LogP contribution in [0.25, 0.3) is 0 Å². The molecule has 0 atom stereocenters. The van der Waals surface area contributed by atoms with Gasteiger partial charge in [-0.1, -0.05) is 24.6 Å². The zero-order valence-electron chi connectivity index (χ0n) is 18.3. The van der Waals surface area contributed by atoms with E-state index in [9.17, 15) is 4.79 Å². The first kappa shape index (κ1) is 22.0. The summed E-state index contributed by atoms with van der Waals surface area (Å²) in [5, 5.41) is 6.42. The molecule has 3 rings (SSSR count). The minimum atomic E-state index is 0.0110. The number of amides is 1. The van der Waals surface area contributed by atoms with Crippen LogP contribution in [-0.4, -0.2) is 50.7 Å². The van der Waals surface area contributed by atoms with E-state index in [-0.39, 0.29) is 5.91 Å². The Balaban J connectivity index is 1.58. The zero-order chi connectivity index (χ0) is 21.3. The van der Waals surface area contributed by atoms with Crippen LogP contribution in [0.2, 0.25) is 0 Å². The molecule has 0 bridgehead atoms. The highest BCUT2D eigenvalue weighted by Crippen LogP contribution is 2.27. The van der Waals surface area contributed by atoms with Crippen LogP contribution in [0.3, 0.4) is 0 Å². The average molecular weight is 412 g/mol. The molecular formula is C24H33N3O3. The third-order valence-electron chi connectivity index (χ3n) is 5.39. The van der Waals surface area contributed by atoms with Crippen molar-refractivity contribution in [3.8, 4) is 11.5 Å². The first-order chi connectivity index (χ1) is 14.6. The van der Waals surface area contributed by atoms with Gasteiger partial charge in [-0.15, -0.1) is 0 Å². The molecule has 2 aromatic rings. The first-order valence-corrected chi connectivity index (χ1v) is 10.7. The highest BCUT2D eigenvalue weighted by Gasteiger charge is 2.15. The second-order valence-corrected chi connectivity index (χ2v) is 7.79. The lowest BCUT2D eigenvalue weighted by Gasteiger charge is -2.25. The number of piperidine rings is 1. The molecule has 0 saturated carbocycles. The first-order valence-electron chi connectivity index (χ1n) is 10.7. The van der Waals surface area contributed by atoms with Crippen molar-refractivity contribution in [2.24, 2.45) is 0 Å². The number of carbonyl (C=O) groups is 1. The molecule has 2 aromatic carbocycles. The highest BCUT2D eigenvalue weighted by molar-refractivity contribution is 5.95. The average Bonchev–Trinajstić information content (AvgIpc) is 2.74. The number of hydrogen-bond donors (Lipinski definition) is 2. The number of likely N-dealkylation sites (tertiary alicyclic amines) is 1.